The van der Waals surface area contributed by atoms with Crippen LogP contribution in [-0.2, 0) is 10.2 Å². The molecule has 1 saturated carbocycles. The second kappa shape index (κ2) is 3.84. The van der Waals surface area contributed by atoms with E-state index in [-0.39, 0.29) is 17.5 Å². The van der Waals surface area contributed by atoms with Crippen molar-refractivity contribution < 1.29 is 4.79 Å². The highest BCUT2D eigenvalue weighted by molar-refractivity contribution is 6.22. The molecule has 1 aromatic rings. The molecule has 0 spiro atoms. The van der Waals surface area contributed by atoms with Crippen molar-refractivity contribution in [2.45, 2.75) is 37.9 Å². The fourth-order valence-electron chi connectivity index (χ4n) is 2.33. The van der Waals surface area contributed by atoms with Crippen molar-refractivity contribution in [3.8, 4) is 0 Å². The van der Waals surface area contributed by atoms with Crippen LogP contribution in [0.3, 0.4) is 0 Å². The van der Waals surface area contributed by atoms with Crippen LogP contribution in [0.1, 0.15) is 30.4 Å². The van der Waals surface area contributed by atoms with Gasteiger partial charge in [0.15, 0.2) is 0 Å². The Morgan fingerprint density at radius 2 is 1.93 bits per heavy atom. The molecule has 2 radical (unpaired) electrons. The summed E-state index contributed by atoms with van der Waals surface area (Å²) < 4.78 is 0. The van der Waals surface area contributed by atoms with Crippen LogP contribution in [0.25, 0.3) is 0 Å². The molecular weight excluding hydrogens is 183 g/mol. The molecule has 0 atom stereocenters. The fraction of sp³-hybridized carbons (Fsp3) is 0.462. The molecule has 1 aromatic carbocycles. The molecule has 0 aliphatic heterocycles. The zero-order chi connectivity index (χ0) is 10.9. The average molecular weight is 198 g/mol. The first-order valence-electron chi connectivity index (χ1n) is 5.49. The van der Waals surface area contributed by atoms with Crippen LogP contribution in [0, 0.1) is 6.92 Å². The van der Waals surface area contributed by atoms with Gasteiger partial charge in [-0.1, -0.05) is 36.2 Å². The zero-order valence-electron chi connectivity index (χ0n) is 9.12. The van der Waals surface area contributed by atoms with Gasteiger partial charge in [-0.15, -0.1) is 0 Å². The van der Waals surface area contributed by atoms with Crippen molar-refractivity contribution in [2.75, 3.05) is 0 Å². The van der Waals surface area contributed by atoms with Crippen LogP contribution in [0.15, 0.2) is 24.3 Å². The summed E-state index contributed by atoms with van der Waals surface area (Å²) in [5.74, 6) is 0.192. The molecule has 1 fully saturated rings. The first kappa shape index (κ1) is 10.5. The normalized spacial score (nSPS) is 18.2. The zero-order valence-corrected chi connectivity index (χ0v) is 9.12. The Labute approximate surface area is 92.3 Å². The smallest absolute Gasteiger partial charge is 0.134 e. The molecule has 0 unspecified atom stereocenters. The van der Waals surface area contributed by atoms with E-state index in [1.54, 1.807) is 0 Å². The van der Waals surface area contributed by atoms with Crippen LogP contribution in [0.2, 0.25) is 6.32 Å². The quantitative estimate of drug-likeness (QED) is 0.682. The van der Waals surface area contributed by atoms with Gasteiger partial charge in [0, 0.05) is 0 Å². The van der Waals surface area contributed by atoms with Gasteiger partial charge in [0.2, 0.25) is 0 Å². The van der Waals surface area contributed by atoms with Crippen LogP contribution in [-0.4, -0.2) is 13.6 Å². The molecule has 1 nitrogen and oxygen atoms in total. The summed E-state index contributed by atoms with van der Waals surface area (Å²) >= 11 is 0. The predicted molar refractivity (Wildman–Crippen MR) is 62.3 cm³/mol. The number of aryl methyl sites for hydroxylation is 1. The molecular formula is C13H15BO. The second-order valence-electron chi connectivity index (χ2n) is 4.43. The minimum atomic E-state index is -0.248. The molecule has 15 heavy (non-hydrogen) atoms. The van der Waals surface area contributed by atoms with Crippen LogP contribution < -0.4 is 0 Å². The first-order valence-corrected chi connectivity index (χ1v) is 5.49. The molecule has 0 amide bonds. The third kappa shape index (κ3) is 1.62. The number of benzene rings is 1. The van der Waals surface area contributed by atoms with Crippen molar-refractivity contribution in [1.29, 1.82) is 0 Å². The number of carbonyl (C=O) groups is 1. The molecule has 0 heterocycles. The molecule has 0 saturated heterocycles. The van der Waals surface area contributed by atoms with Gasteiger partial charge in [0.05, 0.1) is 13.3 Å². The van der Waals surface area contributed by atoms with Crippen molar-refractivity contribution >= 4 is 13.6 Å². The lowest BCUT2D eigenvalue weighted by molar-refractivity contribution is -0.125. The maximum Gasteiger partial charge on any atom is 0.134 e. The molecule has 0 aromatic heterocycles. The van der Waals surface area contributed by atoms with Crippen LogP contribution in [0.4, 0.5) is 0 Å². The highest BCUT2D eigenvalue weighted by atomic mass is 16.1. The number of carbonyl (C=O) groups excluding carboxylic acids is 1. The van der Waals surface area contributed by atoms with E-state index in [1.165, 1.54) is 5.56 Å². The minimum absolute atomic E-state index is 0.161. The third-order valence-electron chi connectivity index (χ3n) is 3.53. The molecule has 1 aliphatic rings. The number of hydrogen-bond acceptors (Lipinski definition) is 1. The van der Waals surface area contributed by atoms with Crippen molar-refractivity contribution in [2.24, 2.45) is 0 Å². The second-order valence-corrected chi connectivity index (χ2v) is 4.43. The number of hydrogen-bond donors (Lipinski definition) is 0. The van der Waals surface area contributed by atoms with Gasteiger partial charge in [0.25, 0.3) is 0 Å². The lowest BCUT2D eigenvalue weighted by atomic mass is 9.60. The van der Waals surface area contributed by atoms with Crippen molar-refractivity contribution in [3.05, 3.63) is 35.4 Å². The third-order valence-corrected chi connectivity index (χ3v) is 3.53. The van der Waals surface area contributed by atoms with E-state index in [1.807, 2.05) is 0 Å². The largest absolute Gasteiger partial charge is 0.300 e. The summed E-state index contributed by atoms with van der Waals surface area (Å²) in [5.41, 5.74) is 2.13. The van der Waals surface area contributed by atoms with Crippen molar-refractivity contribution in [1.82, 2.24) is 0 Å². The minimum Gasteiger partial charge on any atom is -0.300 e. The molecule has 0 bridgehead atoms. The Bertz CT molecular complexity index is 363. The lowest BCUT2D eigenvalue weighted by Crippen LogP contribution is -2.42. The molecule has 76 valence electrons. The maximum absolute atomic E-state index is 11.9. The molecule has 1 aliphatic carbocycles. The monoisotopic (exact) mass is 198 g/mol. The Morgan fingerprint density at radius 3 is 2.33 bits per heavy atom. The van der Waals surface area contributed by atoms with Gasteiger partial charge in [-0.3, -0.25) is 4.79 Å². The van der Waals surface area contributed by atoms with Crippen LogP contribution in [0.5, 0.6) is 0 Å². The highest BCUT2D eigenvalue weighted by Gasteiger charge is 2.43. The summed E-state index contributed by atoms with van der Waals surface area (Å²) in [7, 11) is 5.49. The topological polar surface area (TPSA) is 17.1 Å². The van der Waals surface area contributed by atoms with Gasteiger partial charge in [-0.2, -0.15) is 0 Å². The van der Waals surface area contributed by atoms with Gasteiger partial charge < -0.3 is 0 Å². The Balaban J connectivity index is 2.34. The van der Waals surface area contributed by atoms with E-state index in [4.69, 9.17) is 7.85 Å². The van der Waals surface area contributed by atoms with E-state index in [0.29, 0.717) is 0 Å². The van der Waals surface area contributed by atoms with Gasteiger partial charge in [-0.25, -0.2) is 0 Å². The van der Waals surface area contributed by atoms with E-state index >= 15 is 0 Å². The summed E-state index contributed by atoms with van der Waals surface area (Å²) in [6.45, 7) is 2.06. The lowest BCUT2D eigenvalue weighted by Gasteiger charge is -2.41. The fourth-order valence-corrected chi connectivity index (χ4v) is 2.33. The van der Waals surface area contributed by atoms with Gasteiger partial charge in [0.1, 0.15) is 5.78 Å². The first-order chi connectivity index (χ1) is 7.19. The molecule has 2 rings (SSSR count). The average Bonchev–Trinajstić information content (AvgIpc) is 2.19. The van der Waals surface area contributed by atoms with E-state index in [0.717, 1.165) is 24.8 Å². The SMILES string of the molecule is [B]CC(=O)C1(c2ccc(C)cc2)CCC1. The molecule has 2 heteroatoms. The maximum atomic E-state index is 11.9. The number of rotatable bonds is 3. The van der Waals surface area contributed by atoms with E-state index in [2.05, 4.69) is 31.2 Å². The summed E-state index contributed by atoms with van der Waals surface area (Å²) in [5, 5.41) is 0. The summed E-state index contributed by atoms with van der Waals surface area (Å²) in [6, 6.07) is 8.28. The van der Waals surface area contributed by atoms with E-state index in [9.17, 15) is 4.79 Å². The molecule has 0 N–H and O–H groups in total. The standard InChI is InChI=1S/C13H15BO/c1-10-3-5-11(6-4-10)13(7-2-8-13)12(15)9-14/h3-6H,2,7-9H2,1H3. The predicted octanol–water partition coefficient (Wildman–Crippen LogP) is 2.57. The number of Topliss-reactive ketones (excluding diaryl/α,β-unsaturated/α-hetero) is 1. The van der Waals surface area contributed by atoms with Gasteiger partial charge in [-0.05, 0) is 31.6 Å². The number of ketones is 1. The van der Waals surface area contributed by atoms with Crippen LogP contribution >= 0.6 is 0 Å². The Kier molecular flexibility index (Phi) is 2.68. The van der Waals surface area contributed by atoms with Crippen molar-refractivity contribution in [3.63, 3.8) is 0 Å². The summed E-state index contributed by atoms with van der Waals surface area (Å²) in [4.78, 5) is 11.9. The summed E-state index contributed by atoms with van der Waals surface area (Å²) in [6.07, 6.45) is 3.23. The Morgan fingerprint density at radius 1 is 1.33 bits per heavy atom. The van der Waals surface area contributed by atoms with Gasteiger partial charge >= 0.3 is 0 Å². The highest BCUT2D eigenvalue weighted by Crippen LogP contribution is 2.45. The Hall–Kier alpha value is -1.05. The van der Waals surface area contributed by atoms with E-state index < -0.39 is 0 Å².